The van der Waals surface area contributed by atoms with Crippen molar-refractivity contribution < 1.29 is 9.59 Å². The predicted molar refractivity (Wildman–Crippen MR) is 91.8 cm³/mol. The third kappa shape index (κ3) is 4.69. The molecule has 0 bridgehead atoms. The van der Waals surface area contributed by atoms with Crippen LogP contribution in [0.1, 0.15) is 59.3 Å². The molecule has 0 aromatic carbocycles. The van der Waals surface area contributed by atoms with Crippen molar-refractivity contribution in [2.45, 2.75) is 71.4 Å². The number of carbonyl (C=O) groups excluding carboxylic acids is 2. The highest BCUT2D eigenvalue weighted by Crippen LogP contribution is 2.24. The average Bonchev–Trinajstić information content (AvgIpc) is 2.52. The summed E-state index contributed by atoms with van der Waals surface area (Å²) in [6, 6.07) is -0.166. The van der Waals surface area contributed by atoms with E-state index in [4.69, 9.17) is 5.73 Å². The van der Waals surface area contributed by atoms with E-state index in [-0.39, 0.29) is 23.9 Å². The molecule has 0 aromatic rings. The first kappa shape index (κ1) is 18.2. The number of rotatable bonds is 5. The van der Waals surface area contributed by atoms with E-state index in [9.17, 15) is 9.59 Å². The van der Waals surface area contributed by atoms with Crippen LogP contribution >= 0.6 is 0 Å². The summed E-state index contributed by atoms with van der Waals surface area (Å²) in [4.78, 5) is 29.3. The van der Waals surface area contributed by atoms with E-state index in [0.717, 1.165) is 51.7 Å². The molecule has 0 saturated carbocycles. The maximum absolute atomic E-state index is 13.1. The Bertz CT molecular complexity index is 422. The van der Waals surface area contributed by atoms with Crippen molar-refractivity contribution >= 4 is 11.8 Å². The fraction of sp³-hybridized carbons (Fsp3) is 0.889. The molecular weight excluding hydrogens is 290 g/mol. The number of carbonyl (C=O) groups is 2. The molecule has 2 amide bonds. The molecule has 2 N–H and O–H groups in total. The van der Waals surface area contributed by atoms with E-state index in [1.807, 2.05) is 16.7 Å². The molecule has 0 aliphatic carbocycles. The highest BCUT2D eigenvalue weighted by atomic mass is 16.2. The van der Waals surface area contributed by atoms with E-state index in [1.54, 1.807) is 0 Å². The topological polar surface area (TPSA) is 66.6 Å². The minimum atomic E-state index is -0.283. The lowest BCUT2D eigenvalue weighted by atomic mass is 9.91. The second-order valence-corrected chi connectivity index (χ2v) is 7.74. The summed E-state index contributed by atoms with van der Waals surface area (Å²) in [5.41, 5.74) is 6.05. The zero-order valence-electron chi connectivity index (χ0n) is 15.0. The van der Waals surface area contributed by atoms with Gasteiger partial charge in [-0.25, -0.2) is 0 Å². The summed E-state index contributed by atoms with van der Waals surface area (Å²) >= 11 is 0. The van der Waals surface area contributed by atoms with Crippen LogP contribution in [-0.2, 0) is 9.59 Å². The van der Waals surface area contributed by atoms with E-state index in [2.05, 4.69) is 13.8 Å². The molecule has 2 rings (SSSR count). The van der Waals surface area contributed by atoms with Crippen molar-refractivity contribution in [2.75, 3.05) is 19.6 Å². The number of hydrogen-bond acceptors (Lipinski definition) is 3. The Hall–Kier alpha value is -1.10. The van der Waals surface area contributed by atoms with Crippen LogP contribution in [0, 0.1) is 11.8 Å². The molecule has 2 aliphatic heterocycles. The van der Waals surface area contributed by atoms with Crippen LogP contribution in [0.3, 0.4) is 0 Å². The summed E-state index contributed by atoms with van der Waals surface area (Å²) in [7, 11) is 0. The van der Waals surface area contributed by atoms with Gasteiger partial charge in [0.1, 0.15) is 6.04 Å². The van der Waals surface area contributed by atoms with Gasteiger partial charge in [0.15, 0.2) is 0 Å². The summed E-state index contributed by atoms with van der Waals surface area (Å²) in [5.74, 6) is 1.06. The third-order valence-corrected chi connectivity index (χ3v) is 5.23. The Morgan fingerprint density at radius 1 is 1.22 bits per heavy atom. The van der Waals surface area contributed by atoms with Crippen LogP contribution < -0.4 is 5.73 Å². The van der Waals surface area contributed by atoms with Crippen molar-refractivity contribution in [1.82, 2.24) is 9.80 Å². The highest BCUT2D eigenvalue weighted by molar-refractivity contribution is 5.88. The highest BCUT2D eigenvalue weighted by Gasteiger charge is 2.36. The molecule has 132 valence electrons. The van der Waals surface area contributed by atoms with Gasteiger partial charge in [-0.15, -0.1) is 0 Å². The van der Waals surface area contributed by atoms with Gasteiger partial charge >= 0.3 is 0 Å². The molecule has 2 heterocycles. The van der Waals surface area contributed by atoms with Gasteiger partial charge in [0.2, 0.25) is 11.8 Å². The molecule has 3 unspecified atom stereocenters. The van der Waals surface area contributed by atoms with Gasteiger partial charge in [0, 0.05) is 32.1 Å². The van der Waals surface area contributed by atoms with Crippen LogP contribution in [0.25, 0.3) is 0 Å². The van der Waals surface area contributed by atoms with Crippen LogP contribution in [0.2, 0.25) is 0 Å². The average molecular weight is 323 g/mol. The normalized spacial score (nSPS) is 25.6. The molecule has 3 atom stereocenters. The molecule has 5 nitrogen and oxygen atoms in total. The van der Waals surface area contributed by atoms with Crippen LogP contribution in [0.15, 0.2) is 0 Å². The third-order valence-electron chi connectivity index (χ3n) is 5.23. The van der Waals surface area contributed by atoms with Gasteiger partial charge in [0.25, 0.3) is 0 Å². The minimum absolute atomic E-state index is 0.116. The lowest BCUT2D eigenvalue weighted by molar-refractivity contribution is -0.149. The Morgan fingerprint density at radius 2 is 1.96 bits per heavy atom. The SMILES string of the molecule is CC(C)CC(C(=O)N1CCCC(C(C)N)C1)N1CCCCC1=O. The van der Waals surface area contributed by atoms with Gasteiger partial charge in [-0.2, -0.15) is 0 Å². The summed E-state index contributed by atoms with van der Waals surface area (Å²) in [5, 5.41) is 0. The fourth-order valence-corrected chi connectivity index (χ4v) is 3.81. The number of piperidine rings is 2. The van der Waals surface area contributed by atoms with E-state index < -0.39 is 0 Å². The van der Waals surface area contributed by atoms with Crippen molar-refractivity contribution in [2.24, 2.45) is 17.6 Å². The number of likely N-dealkylation sites (tertiary alicyclic amines) is 2. The monoisotopic (exact) mass is 323 g/mol. The van der Waals surface area contributed by atoms with Gasteiger partial charge in [-0.05, 0) is 50.9 Å². The minimum Gasteiger partial charge on any atom is -0.341 e. The first-order valence-electron chi connectivity index (χ1n) is 9.24. The van der Waals surface area contributed by atoms with E-state index >= 15 is 0 Å². The first-order chi connectivity index (χ1) is 10.9. The quantitative estimate of drug-likeness (QED) is 0.841. The second-order valence-electron chi connectivity index (χ2n) is 7.74. The molecule has 23 heavy (non-hydrogen) atoms. The van der Waals surface area contributed by atoms with Gasteiger partial charge in [-0.1, -0.05) is 13.8 Å². The zero-order chi connectivity index (χ0) is 17.0. The summed E-state index contributed by atoms with van der Waals surface area (Å²) in [6.07, 6.45) is 5.41. The van der Waals surface area contributed by atoms with Crippen molar-refractivity contribution in [3.8, 4) is 0 Å². The van der Waals surface area contributed by atoms with Gasteiger partial charge < -0.3 is 15.5 Å². The Balaban J connectivity index is 2.10. The fourth-order valence-electron chi connectivity index (χ4n) is 3.81. The zero-order valence-corrected chi connectivity index (χ0v) is 15.0. The lowest BCUT2D eigenvalue weighted by Gasteiger charge is -2.41. The predicted octanol–water partition coefficient (Wildman–Crippen LogP) is 2.00. The molecule has 0 aromatic heterocycles. The van der Waals surface area contributed by atoms with Crippen LogP contribution in [0.5, 0.6) is 0 Å². The van der Waals surface area contributed by atoms with Crippen molar-refractivity contribution in [1.29, 1.82) is 0 Å². The van der Waals surface area contributed by atoms with Crippen LogP contribution in [-0.4, -0.2) is 53.3 Å². The largest absolute Gasteiger partial charge is 0.341 e. The van der Waals surface area contributed by atoms with E-state index in [0.29, 0.717) is 18.3 Å². The number of nitrogens with zero attached hydrogens (tertiary/aromatic N) is 2. The standard InChI is InChI=1S/C18H33N3O2/c1-13(2)11-16(21-10-5-4-8-17(21)22)18(23)20-9-6-7-15(12-20)14(3)19/h13-16H,4-12,19H2,1-3H3. The Morgan fingerprint density at radius 3 is 2.57 bits per heavy atom. The maximum atomic E-state index is 13.1. The number of nitrogens with two attached hydrogens (primary N) is 1. The molecular formula is C18H33N3O2. The smallest absolute Gasteiger partial charge is 0.245 e. The first-order valence-corrected chi connectivity index (χ1v) is 9.24. The molecule has 5 heteroatoms. The summed E-state index contributed by atoms with van der Waals surface area (Å²) < 4.78 is 0. The van der Waals surface area contributed by atoms with E-state index in [1.165, 1.54) is 0 Å². The molecule has 2 aliphatic rings. The maximum Gasteiger partial charge on any atom is 0.245 e. The van der Waals surface area contributed by atoms with Crippen LogP contribution in [0.4, 0.5) is 0 Å². The lowest BCUT2D eigenvalue weighted by Crippen LogP contribution is -2.55. The molecule has 2 saturated heterocycles. The molecule has 0 spiro atoms. The molecule has 0 radical (unpaired) electrons. The Kier molecular flexibility index (Phi) is 6.45. The summed E-state index contributed by atoms with van der Waals surface area (Å²) in [6.45, 7) is 8.54. The van der Waals surface area contributed by atoms with Crippen molar-refractivity contribution in [3.63, 3.8) is 0 Å². The van der Waals surface area contributed by atoms with Gasteiger partial charge in [0.05, 0.1) is 0 Å². The van der Waals surface area contributed by atoms with Gasteiger partial charge in [-0.3, -0.25) is 9.59 Å². The molecule has 2 fully saturated rings. The van der Waals surface area contributed by atoms with Crippen molar-refractivity contribution in [3.05, 3.63) is 0 Å². The number of hydrogen-bond donors (Lipinski definition) is 1. The second kappa shape index (κ2) is 8.13. The Labute approximate surface area is 140 Å². The number of amides is 2.